The molecule has 0 aliphatic heterocycles. The van der Waals surface area contributed by atoms with E-state index >= 15 is 0 Å². The first kappa shape index (κ1) is 18.7. The highest BCUT2D eigenvalue weighted by atomic mass is 35.5. The number of para-hydroxylation sites is 1. The van der Waals surface area contributed by atoms with Gasteiger partial charge in [-0.2, -0.15) is 0 Å². The molecule has 1 atom stereocenters. The monoisotopic (exact) mass is 389 g/mol. The van der Waals surface area contributed by atoms with Crippen LogP contribution in [0.15, 0.2) is 42.5 Å². The molecule has 0 heterocycles. The smallest absolute Gasteiger partial charge is 0.242 e. The van der Waals surface area contributed by atoms with Crippen LogP contribution in [0.25, 0.3) is 0 Å². The number of halogens is 3. The third kappa shape index (κ3) is 4.47. The van der Waals surface area contributed by atoms with Gasteiger partial charge in [-0.3, -0.25) is 4.79 Å². The molecular formula is C16H14Cl2FNO3S. The molecule has 0 unspecified atom stereocenters. The maximum Gasteiger partial charge on any atom is 0.242 e. The van der Waals surface area contributed by atoms with Gasteiger partial charge in [-0.1, -0.05) is 41.4 Å². The van der Waals surface area contributed by atoms with E-state index in [4.69, 9.17) is 23.2 Å². The van der Waals surface area contributed by atoms with E-state index in [-0.39, 0.29) is 10.7 Å². The van der Waals surface area contributed by atoms with Gasteiger partial charge in [-0.15, -0.1) is 0 Å². The number of hydrogen-bond acceptors (Lipinski definition) is 3. The Morgan fingerprint density at radius 2 is 1.88 bits per heavy atom. The topological polar surface area (TPSA) is 63.2 Å². The van der Waals surface area contributed by atoms with Crippen LogP contribution in [0.3, 0.4) is 0 Å². The van der Waals surface area contributed by atoms with Crippen LogP contribution in [0, 0.1) is 5.82 Å². The van der Waals surface area contributed by atoms with Crippen molar-refractivity contribution in [1.29, 1.82) is 0 Å². The lowest BCUT2D eigenvalue weighted by Crippen LogP contribution is -2.33. The van der Waals surface area contributed by atoms with Gasteiger partial charge in [0.1, 0.15) is 11.1 Å². The predicted molar refractivity (Wildman–Crippen MR) is 93.6 cm³/mol. The molecule has 2 aromatic rings. The largest absolute Gasteiger partial charge is 0.322 e. The van der Waals surface area contributed by atoms with Crippen molar-refractivity contribution in [2.75, 3.05) is 5.32 Å². The van der Waals surface area contributed by atoms with Crippen molar-refractivity contribution in [3.8, 4) is 0 Å². The molecule has 0 spiro atoms. The highest BCUT2D eigenvalue weighted by Gasteiger charge is 2.29. The highest BCUT2D eigenvalue weighted by molar-refractivity contribution is 7.92. The molecule has 1 N–H and O–H groups in total. The first-order chi connectivity index (χ1) is 11.2. The van der Waals surface area contributed by atoms with Crippen molar-refractivity contribution in [1.82, 2.24) is 0 Å². The Bertz CT molecular complexity index is 871. The van der Waals surface area contributed by atoms with E-state index in [1.807, 2.05) is 0 Å². The fourth-order valence-electron chi connectivity index (χ4n) is 1.94. The van der Waals surface area contributed by atoms with Crippen LogP contribution >= 0.6 is 23.2 Å². The lowest BCUT2D eigenvalue weighted by Gasteiger charge is -2.14. The highest BCUT2D eigenvalue weighted by Crippen LogP contribution is 2.24. The van der Waals surface area contributed by atoms with Crippen LogP contribution in [0.2, 0.25) is 10.0 Å². The molecule has 24 heavy (non-hydrogen) atoms. The predicted octanol–water partition coefficient (Wildman–Crippen LogP) is 4.07. The molecule has 0 fully saturated rings. The molecule has 8 heteroatoms. The van der Waals surface area contributed by atoms with E-state index in [2.05, 4.69) is 5.32 Å². The standard InChI is InChI=1S/C16H14Cl2FNO3S/c1-10(16(21)20-15-5-3-2-4-14(15)19)24(22,23)9-11-6-7-12(17)8-13(11)18/h2-8,10H,9H2,1H3,(H,20,21)/t10-/m1/s1. The number of sulfone groups is 1. The zero-order valence-corrected chi connectivity index (χ0v) is 14.9. The summed E-state index contributed by atoms with van der Waals surface area (Å²) in [5.41, 5.74) is 0.265. The first-order valence-corrected chi connectivity index (χ1v) is 9.39. The molecule has 2 aromatic carbocycles. The number of benzene rings is 2. The Morgan fingerprint density at radius 3 is 2.50 bits per heavy atom. The summed E-state index contributed by atoms with van der Waals surface area (Å²) in [4.78, 5) is 12.1. The van der Waals surface area contributed by atoms with E-state index < -0.39 is 32.6 Å². The number of carbonyl (C=O) groups is 1. The van der Waals surface area contributed by atoms with E-state index in [9.17, 15) is 17.6 Å². The van der Waals surface area contributed by atoms with Gasteiger partial charge in [0, 0.05) is 10.0 Å². The molecule has 0 aliphatic carbocycles. The minimum absolute atomic E-state index is 0.0749. The normalized spacial score (nSPS) is 12.7. The van der Waals surface area contributed by atoms with Crippen molar-refractivity contribution in [2.45, 2.75) is 17.9 Å². The van der Waals surface area contributed by atoms with E-state index in [0.717, 1.165) is 0 Å². The van der Waals surface area contributed by atoms with E-state index in [1.165, 1.54) is 49.4 Å². The van der Waals surface area contributed by atoms with Crippen LogP contribution in [-0.4, -0.2) is 19.6 Å². The second kappa shape index (κ2) is 7.51. The van der Waals surface area contributed by atoms with Gasteiger partial charge < -0.3 is 5.32 Å². The molecule has 0 saturated heterocycles. The Labute approximate surface area is 149 Å². The molecule has 2 rings (SSSR count). The van der Waals surface area contributed by atoms with Gasteiger partial charge in [0.15, 0.2) is 9.84 Å². The van der Waals surface area contributed by atoms with Crippen LogP contribution in [-0.2, 0) is 20.4 Å². The summed E-state index contributed by atoms with van der Waals surface area (Å²) in [6.45, 7) is 1.25. The zero-order chi connectivity index (χ0) is 17.9. The fourth-order valence-corrected chi connectivity index (χ4v) is 3.82. The average Bonchev–Trinajstić information content (AvgIpc) is 2.51. The van der Waals surface area contributed by atoms with Crippen LogP contribution < -0.4 is 5.32 Å². The molecule has 128 valence electrons. The first-order valence-electron chi connectivity index (χ1n) is 6.91. The van der Waals surface area contributed by atoms with Crippen molar-refractivity contribution in [3.05, 3.63) is 63.9 Å². The van der Waals surface area contributed by atoms with Gasteiger partial charge in [0.05, 0.1) is 11.4 Å². The third-order valence-corrected chi connectivity index (χ3v) is 6.00. The lowest BCUT2D eigenvalue weighted by molar-refractivity contribution is -0.115. The molecule has 1 amide bonds. The van der Waals surface area contributed by atoms with Gasteiger partial charge in [-0.05, 0) is 36.8 Å². The number of anilines is 1. The second-order valence-electron chi connectivity index (χ2n) is 5.15. The van der Waals surface area contributed by atoms with Crippen molar-refractivity contribution < 1.29 is 17.6 Å². The summed E-state index contributed by atoms with van der Waals surface area (Å²) < 4.78 is 38.4. The summed E-state index contributed by atoms with van der Waals surface area (Å²) in [5.74, 6) is -1.88. The van der Waals surface area contributed by atoms with Crippen LogP contribution in [0.4, 0.5) is 10.1 Å². The van der Waals surface area contributed by atoms with Gasteiger partial charge in [-0.25, -0.2) is 12.8 Å². The van der Waals surface area contributed by atoms with Crippen molar-refractivity contribution in [2.24, 2.45) is 0 Å². The maximum absolute atomic E-state index is 13.6. The Hall–Kier alpha value is -1.63. The number of carbonyl (C=O) groups excluding carboxylic acids is 1. The molecule has 0 bridgehead atoms. The lowest BCUT2D eigenvalue weighted by atomic mass is 10.2. The van der Waals surface area contributed by atoms with Gasteiger partial charge in [0.2, 0.25) is 5.91 Å². The zero-order valence-electron chi connectivity index (χ0n) is 12.6. The van der Waals surface area contributed by atoms with Gasteiger partial charge in [0.25, 0.3) is 0 Å². The molecule has 0 saturated carbocycles. The summed E-state index contributed by atoms with van der Waals surface area (Å²) in [5, 5.41) is 1.49. The Morgan fingerprint density at radius 1 is 1.21 bits per heavy atom. The molecule has 4 nitrogen and oxygen atoms in total. The van der Waals surface area contributed by atoms with Crippen LogP contribution in [0.1, 0.15) is 12.5 Å². The summed E-state index contributed by atoms with van der Waals surface area (Å²) >= 11 is 11.7. The molecule has 0 aromatic heterocycles. The van der Waals surface area contributed by atoms with Crippen molar-refractivity contribution >= 4 is 44.6 Å². The average molecular weight is 390 g/mol. The number of nitrogens with one attached hydrogen (secondary N) is 1. The minimum atomic E-state index is -3.84. The fraction of sp³-hybridized carbons (Fsp3) is 0.188. The Kier molecular flexibility index (Phi) is 5.85. The summed E-state index contributed by atoms with van der Waals surface area (Å²) in [6.07, 6.45) is 0. The van der Waals surface area contributed by atoms with Gasteiger partial charge >= 0.3 is 0 Å². The maximum atomic E-state index is 13.6. The Balaban J connectivity index is 2.16. The van der Waals surface area contributed by atoms with Crippen LogP contribution in [0.5, 0.6) is 0 Å². The number of amides is 1. The van der Waals surface area contributed by atoms with E-state index in [1.54, 1.807) is 0 Å². The second-order valence-corrected chi connectivity index (χ2v) is 8.32. The summed E-state index contributed by atoms with van der Waals surface area (Å²) in [6, 6.07) is 9.95. The van der Waals surface area contributed by atoms with Crippen molar-refractivity contribution in [3.63, 3.8) is 0 Å². The quantitative estimate of drug-likeness (QED) is 0.837. The summed E-state index contributed by atoms with van der Waals surface area (Å²) in [7, 11) is -3.84. The molecule has 0 aliphatic rings. The minimum Gasteiger partial charge on any atom is -0.322 e. The SMILES string of the molecule is C[C@H](C(=O)Nc1ccccc1F)S(=O)(=O)Cc1ccc(Cl)cc1Cl. The third-order valence-electron chi connectivity index (χ3n) is 3.41. The molecule has 0 radical (unpaired) electrons. The number of hydrogen-bond donors (Lipinski definition) is 1. The molecular weight excluding hydrogens is 376 g/mol. The van der Waals surface area contributed by atoms with E-state index in [0.29, 0.717) is 10.6 Å². The number of rotatable bonds is 5.